The van der Waals surface area contributed by atoms with Gasteiger partial charge < -0.3 is 10.7 Å². The van der Waals surface area contributed by atoms with E-state index in [1.54, 1.807) is 6.20 Å². The van der Waals surface area contributed by atoms with Crippen LogP contribution < -0.4 is 5.73 Å². The van der Waals surface area contributed by atoms with Gasteiger partial charge in [-0.2, -0.15) is 0 Å². The minimum absolute atomic E-state index is 0.274. The number of benzene rings is 2. The van der Waals surface area contributed by atoms with Gasteiger partial charge in [-0.3, -0.25) is 0 Å². The van der Waals surface area contributed by atoms with Crippen molar-refractivity contribution in [2.45, 2.75) is 0 Å². The summed E-state index contributed by atoms with van der Waals surface area (Å²) in [5.41, 5.74) is 11.9. The molecule has 4 heteroatoms. The second kappa shape index (κ2) is 6.01. The van der Waals surface area contributed by atoms with Gasteiger partial charge in [-0.1, -0.05) is 54.6 Å². The summed E-state index contributed by atoms with van der Waals surface area (Å²) in [6.07, 6.45) is 1.66. The van der Waals surface area contributed by atoms with Crippen LogP contribution in [0.1, 0.15) is 0 Å². The Morgan fingerprint density at radius 3 is 2.08 bits per heavy atom. The van der Waals surface area contributed by atoms with Gasteiger partial charge in [-0.05, 0) is 34.9 Å². The van der Waals surface area contributed by atoms with E-state index < -0.39 is 0 Å². The fraction of sp³-hybridized carbons (Fsp3) is 0. The number of nitrogen functional groups attached to an aromatic ring is 1. The van der Waals surface area contributed by atoms with Gasteiger partial charge >= 0.3 is 0 Å². The summed E-state index contributed by atoms with van der Waals surface area (Å²) in [6, 6.07) is 24.7. The third-order valence-corrected chi connectivity index (χ3v) is 3.94. The molecule has 0 radical (unpaired) electrons. The molecule has 0 fully saturated rings. The zero-order valence-corrected chi connectivity index (χ0v) is 13.0. The molecule has 3 N–H and O–H groups in total. The highest BCUT2D eigenvalue weighted by molar-refractivity contribution is 5.71. The summed E-state index contributed by atoms with van der Waals surface area (Å²) in [5.74, 6) is 0.274. The number of nitrogens with zero attached hydrogens (tertiary/aromatic N) is 2. The van der Waals surface area contributed by atoms with E-state index >= 15 is 0 Å². The van der Waals surface area contributed by atoms with Crippen LogP contribution in [0.4, 0.5) is 5.95 Å². The Morgan fingerprint density at radius 2 is 1.33 bits per heavy atom. The molecule has 0 amide bonds. The monoisotopic (exact) mass is 312 g/mol. The molecule has 4 nitrogen and oxygen atoms in total. The van der Waals surface area contributed by atoms with Gasteiger partial charge in [-0.25, -0.2) is 9.97 Å². The molecular formula is C20H16N4. The maximum absolute atomic E-state index is 5.65. The van der Waals surface area contributed by atoms with Crippen LogP contribution in [-0.4, -0.2) is 15.0 Å². The Kier molecular flexibility index (Phi) is 3.56. The maximum atomic E-state index is 5.65. The van der Waals surface area contributed by atoms with Gasteiger partial charge in [0, 0.05) is 11.9 Å². The topological polar surface area (TPSA) is 67.6 Å². The van der Waals surface area contributed by atoms with E-state index in [2.05, 4.69) is 51.4 Å². The molecule has 2 aromatic heterocycles. The van der Waals surface area contributed by atoms with E-state index in [-0.39, 0.29) is 5.95 Å². The fourth-order valence-corrected chi connectivity index (χ4v) is 2.71. The number of anilines is 1. The minimum Gasteiger partial charge on any atom is -0.368 e. The Hall–Kier alpha value is -3.40. The fourth-order valence-electron chi connectivity index (χ4n) is 2.71. The molecule has 0 aliphatic heterocycles. The zero-order chi connectivity index (χ0) is 16.4. The van der Waals surface area contributed by atoms with E-state index in [4.69, 9.17) is 5.73 Å². The second-order valence-electron chi connectivity index (χ2n) is 5.53. The predicted octanol–water partition coefficient (Wildman–Crippen LogP) is 4.39. The summed E-state index contributed by atoms with van der Waals surface area (Å²) in [5, 5.41) is 0. The molecular weight excluding hydrogens is 296 g/mol. The molecule has 116 valence electrons. The summed E-state index contributed by atoms with van der Waals surface area (Å²) in [6.45, 7) is 0. The first-order valence-electron chi connectivity index (χ1n) is 7.73. The Labute approximate surface area is 140 Å². The number of H-pyrrole nitrogens is 1. The normalized spacial score (nSPS) is 10.7. The van der Waals surface area contributed by atoms with Crippen molar-refractivity contribution < 1.29 is 0 Å². The predicted molar refractivity (Wildman–Crippen MR) is 97.1 cm³/mol. The van der Waals surface area contributed by atoms with Crippen LogP contribution in [0.5, 0.6) is 0 Å². The highest BCUT2D eigenvalue weighted by Crippen LogP contribution is 2.26. The summed E-state index contributed by atoms with van der Waals surface area (Å²) in [4.78, 5) is 11.5. The first kappa shape index (κ1) is 14.2. The number of nitrogens with two attached hydrogens (primary N) is 1. The van der Waals surface area contributed by atoms with Crippen molar-refractivity contribution in [3.63, 3.8) is 0 Å². The summed E-state index contributed by atoms with van der Waals surface area (Å²) >= 11 is 0. The molecule has 0 aliphatic rings. The van der Waals surface area contributed by atoms with Crippen molar-refractivity contribution in [2.75, 3.05) is 5.73 Å². The number of nitrogens with one attached hydrogen (secondary N) is 1. The molecule has 0 aliphatic carbocycles. The first-order chi connectivity index (χ1) is 11.8. The lowest BCUT2D eigenvalue weighted by molar-refractivity contribution is 1.18. The van der Waals surface area contributed by atoms with Gasteiger partial charge in [0.15, 0.2) is 0 Å². The van der Waals surface area contributed by atoms with Crippen LogP contribution in [0.15, 0.2) is 79.0 Å². The van der Waals surface area contributed by atoms with E-state index in [0.29, 0.717) is 0 Å². The molecule has 0 saturated carbocycles. The number of hydrogen-bond acceptors (Lipinski definition) is 3. The smallest absolute Gasteiger partial charge is 0.220 e. The quantitative estimate of drug-likeness (QED) is 0.589. The van der Waals surface area contributed by atoms with Crippen molar-refractivity contribution in [1.29, 1.82) is 0 Å². The van der Waals surface area contributed by atoms with Crippen LogP contribution >= 0.6 is 0 Å². The lowest BCUT2D eigenvalue weighted by Gasteiger charge is -2.04. The molecule has 0 atom stereocenters. The zero-order valence-electron chi connectivity index (χ0n) is 13.0. The van der Waals surface area contributed by atoms with Gasteiger partial charge in [-0.15, -0.1) is 0 Å². The second-order valence-corrected chi connectivity index (χ2v) is 5.53. The van der Waals surface area contributed by atoms with Crippen LogP contribution in [0.3, 0.4) is 0 Å². The third-order valence-electron chi connectivity index (χ3n) is 3.94. The molecule has 2 heterocycles. The van der Waals surface area contributed by atoms with Gasteiger partial charge in [0.05, 0.1) is 11.4 Å². The molecule has 0 saturated heterocycles. The lowest BCUT2D eigenvalue weighted by atomic mass is 10.0. The van der Waals surface area contributed by atoms with Crippen LogP contribution in [0.25, 0.3) is 33.8 Å². The number of hydrogen-bond donors (Lipinski definition) is 2. The number of aromatic amines is 1. The largest absolute Gasteiger partial charge is 0.368 e. The van der Waals surface area contributed by atoms with Crippen LogP contribution in [-0.2, 0) is 0 Å². The lowest BCUT2D eigenvalue weighted by Crippen LogP contribution is -1.95. The molecule has 0 bridgehead atoms. The Bertz CT molecular complexity index is 956. The van der Waals surface area contributed by atoms with Crippen LogP contribution in [0, 0.1) is 0 Å². The van der Waals surface area contributed by atoms with Crippen molar-refractivity contribution in [1.82, 2.24) is 15.0 Å². The average Bonchev–Trinajstić information content (AvgIpc) is 3.13. The van der Waals surface area contributed by atoms with Crippen LogP contribution in [0.2, 0.25) is 0 Å². The van der Waals surface area contributed by atoms with E-state index in [9.17, 15) is 0 Å². The first-order valence-corrected chi connectivity index (χ1v) is 7.73. The molecule has 4 rings (SSSR count). The number of aromatic nitrogens is 3. The SMILES string of the molecule is Nc1nccc(-c2ccc(-c3ccc(-c4ccccc4)cc3)[nH]2)n1. The van der Waals surface area contributed by atoms with Crippen molar-refractivity contribution in [3.05, 3.63) is 79.0 Å². The molecule has 24 heavy (non-hydrogen) atoms. The molecule has 4 aromatic rings. The molecule has 0 spiro atoms. The van der Waals surface area contributed by atoms with Gasteiger partial charge in [0.2, 0.25) is 5.95 Å². The average molecular weight is 312 g/mol. The number of rotatable bonds is 3. The van der Waals surface area contributed by atoms with E-state index in [1.807, 2.05) is 36.4 Å². The van der Waals surface area contributed by atoms with Crippen molar-refractivity contribution in [2.24, 2.45) is 0 Å². The van der Waals surface area contributed by atoms with Gasteiger partial charge in [0.25, 0.3) is 0 Å². The standard InChI is InChI=1S/C20H16N4/c21-20-22-13-12-19(24-20)18-11-10-17(23-18)16-8-6-15(7-9-16)14-4-2-1-3-5-14/h1-13,23H,(H2,21,22,24). The van der Waals surface area contributed by atoms with E-state index in [1.165, 1.54) is 11.1 Å². The summed E-state index contributed by atoms with van der Waals surface area (Å²) < 4.78 is 0. The Morgan fingerprint density at radius 1 is 0.667 bits per heavy atom. The molecule has 0 unspecified atom stereocenters. The van der Waals surface area contributed by atoms with Gasteiger partial charge in [0.1, 0.15) is 0 Å². The molecule has 2 aromatic carbocycles. The van der Waals surface area contributed by atoms with E-state index in [0.717, 1.165) is 22.6 Å². The highest BCUT2D eigenvalue weighted by Gasteiger charge is 2.06. The highest BCUT2D eigenvalue weighted by atomic mass is 15.0. The summed E-state index contributed by atoms with van der Waals surface area (Å²) in [7, 11) is 0. The maximum Gasteiger partial charge on any atom is 0.220 e. The minimum atomic E-state index is 0.274. The Balaban J connectivity index is 1.63. The van der Waals surface area contributed by atoms with Crippen molar-refractivity contribution >= 4 is 5.95 Å². The van der Waals surface area contributed by atoms with Crippen molar-refractivity contribution in [3.8, 4) is 33.8 Å². The third kappa shape index (κ3) is 2.77.